The fourth-order valence-electron chi connectivity index (χ4n) is 1.31. The first-order valence-corrected chi connectivity index (χ1v) is 5.62. The number of hydrogen-bond acceptors (Lipinski definition) is 4. The van der Waals surface area contributed by atoms with Crippen molar-refractivity contribution < 1.29 is 0 Å². The Morgan fingerprint density at radius 3 is 2.71 bits per heavy atom. The maximum atomic E-state index is 6.05. The number of aromatic nitrogens is 2. The molecule has 0 radical (unpaired) electrons. The van der Waals surface area contributed by atoms with E-state index in [1.54, 1.807) is 18.2 Å². The van der Waals surface area contributed by atoms with Crippen molar-refractivity contribution in [2.24, 2.45) is 0 Å². The summed E-state index contributed by atoms with van der Waals surface area (Å²) >= 11 is 11.9. The number of nitrogen functional groups attached to an aromatic ring is 1. The van der Waals surface area contributed by atoms with Gasteiger partial charge in [-0.3, -0.25) is 0 Å². The summed E-state index contributed by atoms with van der Waals surface area (Å²) in [6.45, 7) is 1.83. The molecule has 0 amide bonds. The zero-order chi connectivity index (χ0) is 12.4. The molecule has 0 aliphatic carbocycles. The third-order valence-electron chi connectivity index (χ3n) is 2.31. The maximum absolute atomic E-state index is 6.05. The van der Waals surface area contributed by atoms with Crippen molar-refractivity contribution in [2.45, 2.75) is 6.92 Å². The molecule has 2 aromatic rings. The number of benzene rings is 1. The minimum atomic E-state index is 0.438. The number of rotatable bonds is 2. The van der Waals surface area contributed by atoms with Crippen LogP contribution in [0.15, 0.2) is 24.5 Å². The van der Waals surface area contributed by atoms with Gasteiger partial charge in [-0.15, -0.1) is 0 Å². The van der Waals surface area contributed by atoms with Gasteiger partial charge in [0, 0.05) is 10.6 Å². The second kappa shape index (κ2) is 4.77. The van der Waals surface area contributed by atoms with E-state index in [2.05, 4.69) is 15.3 Å². The van der Waals surface area contributed by atoms with E-state index < -0.39 is 0 Å². The fraction of sp³-hybridized carbons (Fsp3) is 0.0909. The standard InChI is InChI=1S/C11H10Cl2N4/c1-6-10(14)15-5-16-11(6)17-9-3-2-7(12)4-8(9)13/h2-5H,1H3,(H3,14,15,16,17). The van der Waals surface area contributed by atoms with Gasteiger partial charge in [-0.05, 0) is 25.1 Å². The summed E-state index contributed by atoms with van der Waals surface area (Å²) in [5, 5.41) is 4.19. The maximum Gasteiger partial charge on any atom is 0.138 e. The van der Waals surface area contributed by atoms with Crippen LogP contribution in [-0.4, -0.2) is 9.97 Å². The molecule has 0 unspecified atom stereocenters. The van der Waals surface area contributed by atoms with Gasteiger partial charge in [0.1, 0.15) is 18.0 Å². The number of anilines is 3. The lowest BCUT2D eigenvalue weighted by atomic mass is 10.2. The van der Waals surface area contributed by atoms with Crippen LogP contribution in [0.3, 0.4) is 0 Å². The first-order valence-electron chi connectivity index (χ1n) is 4.87. The van der Waals surface area contributed by atoms with E-state index in [4.69, 9.17) is 28.9 Å². The summed E-state index contributed by atoms with van der Waals surface area (Å²) in [6, 6.07) is 5.18. The van der Waals surface area contributed by atoms with Gasteiger partial charge >= 0.3 is 0 Å². The average Bonchev–Trinajstić information content (AvgIpc) is 2.28. The zero-order valence-corrected chi connectivity index (χ0v) is 10.5. The summed E-state index contributed by atoms with van der Waals surface area (Å²) < 4.78 is 0. The highest BCUT2D eigenvalue weighted by Gasteiger charge is 2.07. The predicted molar refractivity (Wildman–Crippen MR) is 70.9 cm³/mol. The third-order valence-corrected chi connectivity index (χ3v) is 2.86. The molecular formula is C11H10Cl2N4. The summed E-state index contributed by atoms with van der Waals surface area (Å²) in [5.41, 5.74) is 7.19. The number of halogens is 2. The highest BCUT2D eigenvalue weighted by molar-refractivity contribution is 6.36. The molecule has 0 bridgehead atoms. The number of nitrogens with one attached hydrogen (secondary N) is 1. The average molecular weight is 269 g/mol. The van der Waals surface area contributed by atoms with Gasteiger partial charge in [0.05, 0.1) is 10.7 Å². The van der Waals surface area contributed by atoms with Crippen LogP contribution in [0.4, 0.5) is 17.3 Å². The molecule has 1 heterocycles. The Morgan fingerprint density at radius 2 is 2.00 bits per heavy atom. The molecule has 0 saturated heterocycles. The Hall–Kier alpha value is -1.52. The summed E-state index contributed by atoms with van der Waals surface area (Å²) in [7, 11) is 0. The molecule has 0 spiro atoms. The quantitative estimate of drug-likeness (QED) is 0.876. The molecule has 6 heteroatoms. The Morgan fingerprint density at radius 1 is 1.24 bits per heavy atom. The van der Waals surface area contributed by atoms with Crippen molar-refractivity contribution in [3.8, 4) is 0 Å². The fourth-order valence-corrected chi connectivity index (χ4v) is 1.76. The van der Waals surface area contributed by atoms with Crippen molar-refractivity contribution in [3.05, 3.63) is 40.1 Å². The van der Waals surface area contributed by atoms with E-state index in [1.165, 1.54) is 6.33 Å². The van der Waals surface area contributed by atoms with Crippen LogP contribution in [-0.2, 0) is 0 Å². The molecule has 0 aliphatic rings. The monoisotopic (exact) mass is 268 g/mol. The summed E-state index contributed by atoms with van der Waals surface area (Å²) in [4.78, 5) is 7.99. The second-order valence-electron chi connectivity index (χ2n) is 3.48. The Kier molecular flexibility index (Phi) is 3.36. The molecule has 0 atom stereocenters. The van der Waals surface area contributed by atoms with E-state index in [0.29, 0.717) is 21.7 Å². The van der Waals surface area contributed by atoms with E-state index in [9.17, 15) is 0 Å². The minimum absolute atomic E-state index is 0.438. The van der Waals surface area contributed by atoms with E-state index >= 15 is 0 Å². The van der Waals surface area contributed by atoms with Crippen LogP contribution in [0.5, 0.6) is 0 Å². The van der Waals surface area contributed by atoms with Crippen molar-refractivity contribution in [3.63, 3.8) is 0 Å². The van der Waals surface area contributed by atoms with Crippen LogP contribution in [0.25, 0.3) is 0 Å². The largest absolute Gasteiger partial charge is 0.383 e. The SMILES string of the molecule is Cc1c(N)ncnc1Nc1ccc(Cl)cc1Cl. The third kappa shape index (κ3) is 2.60. The van der Waals surface area contributed by atoms with E-state index in [-0.39, 0.29) is 0 Å². The normalized spacial score (nSPS) is 10.3. The molecule has 0 aliphatic heterocycles. The lowest BCUT2D eigenvalue weighted by molar-refractivity contribution is 1.14. The second-order valence-corrected chi connectivity index (χ2v) is 4.33. The Labute approximate surface area is 109 Å². The highest BCUT2D eigenvalue weighted by Crippen LogP contribution is 2.29. The first kappa shape index (κ1) is 12.0. The van der Waals surface area contributed by atoms with Gasteiger partial charge in [0.25, 0.3) is 0 Å². The van der Waals surface area contributed by atoms with Crippen molar-refractivity contribution >= 4 is 40.5 Å². The van der Waals surface area contributed by atoms with Crippen molar-refractivity contribution in [2.75, 3.05) is 11.1 Å². The van der Waals surface area contributed by atoms with Crippen LogP contribution in [0.2, 0.25) is 10.0 Å². The highest BCUT2D eigenvalue weighted by atomic mass is 35.5. The lowest BCUT2D eigenvalue weighted by Gasteiger charge is -2.10. The van der Waals surface area contributed by atoms with Crippen molar-refractivity contribution in [1.29, 1.82) is 0 Å². The summed E-state index contributed by atoms with van der Waals surface area (Å²) in [5.74, 6) is 1.06. The Balaban J connectivity index is 2.35. The van der Waals surface area contributed by atoms with Gasteiger partial charge in [-0.2, -0.15) is 0 Å². The topological polar surface area (TPSA) is 63.8 Å². The van der Waals surface area contributed by atoms with Gasteiger partial charge in [0.15, 0.2) is 0 Å². The van der Waals surface area contributed by atoms with Gasteiger partial charge in [-0.1, -0.05) is 23.2 Å². The van der Waals surface area contributed by atoms with Crippen molar-refractivity contribution in [1.82, 2.24) is 9.97 Å². The predicted octanol–water partition coefficient (Wildman–Crippen LogP) is 3.42. The van der Waals surface area contributed by atoms with E-state index in [0.717, 1.165) is 11.3 Å². The molecule has 1 aromatic heterocycles. The lowest BCUT2D eigenvalue weighted by Crippen LogP contribution is -2.02. The molecule has 3 N–H and O–H groups in total. The molecule has 2 rings (SSSR count). The van der Waals surface area contributed by atoms with Crippen LogP contribution >= 0.6 is 23.2 Å². The minimum Gasteiger partial charge on any atom is -0.383 e. The van der Waals surface area contributed by atoms with Crippen LogP contribution in [0, 0.1) is 6.92 Å². The molecule has 4 nitrogen and oxygen atoms in total. The smallest absolute Gasteiger partial charge is 0.138 e. The number of hydrogen-bond donors (Lipinski definition) is 2. The van der Waals surface area contributed by atoms with Gasteiger partial charge in [-0.25, -0.2) is 9.97 Å². The van der Waals surface area contributed by atoms with Gasteiger partial charge < -0.3 is 11.1 Å². The molecule has 17 heavy (non-hydrogen) atoms. The van der Waals surface area contributed by atoms with Crippen LogP contribution in [0.1, 0.15) is 5.56 Å². The first-order chi connectivity index (χ1) is 8.08. The molecular weight excluding hydrogens is 259 g/mol. The number of nitrogens with zero attached hydrogens (tertiary/aromatic N) is 2. The van der Waals surface area contributed by atoms with Gasteiger partial charge in [0.2, 0.25) is 0 Å². The molecule has 1 aromatic carbocycles. The van der Waals surface area contributed by atoms with E-state index in [1.807, 2.05) is 6.92 Å². The van der Waals surface area contributed by atoms with Crippen LogP contribution < -0.4 is 11.1 Å². The summed E-state index contributed by atoms with van der Waals surface area (Å²) in [6.07, 6.45) is 1.40. The Bertz CT molecular complexity index is 557. The molecule has 0 saturated carbocycles. The molecule has 0 fully saturated rings. The molecule has 88 valence electrons. The zero-order valence-electron chi connectivity index (χ0n) is 9.04. The number of nitrogens with two attached hydrogens (primary N) is 1.